The lowest BCUT2D eigenvalue weighted by Crippen LogP contribution is -2.39. The number of nitrogens with one attached hydrogen (secondary N) is 2. The van der Waals surface area contributed by atoms with Crippen LogP contribution < -0.4 is 10.6 Å². The highest BCUT2D eigenvalue weighted by Gasteiger charge is 2.32. The summed E-state index contributed by atoms with van der Waals surface area (Å²) >= 11 is 0. The number of para-hydroxylation sites is 1. The van der Waals surface area contributed by atoms with Crippen molar-refractivity contribution < 1.29 is 14.3 Å². The van der Waals surface area contributed by atoms with Crippen molar-refractivity contribution >= 4 is 28.6 Å². The Bertz CT molecular complexity index is 948. The number of fused-ring (bicyclic) bond motifs is 2. The summed E-state index contributed by atoms with van der Waals surface area (Å²) in [6.07, 6.45) is 0. The topological polar surface area (TPSA) is 62.8 Å². The average Bonchev–Trinajstić information content (AvgIpc) is 3.28. The van der Waals surface area contributed by atoms with Gasteiger partial charge in [0.2, 0.25) is 0 Å². The minimum Gasteiger partial charge on any atom is -0.487 e. The lowest BCUT2D eigenvalue weighted by molar-refractivity contribution is -0.110. The highest BCUT2D eigenvalue weighted by Crippen LogP contribution is 2.41. The first kappa shape index (κ1) is 17.3. The molecule has 3 aliphatic heterocycles. The Hall–Kier alpha value is -2.83. The van der Waals surface area contributed by atoms with Gasteiger partial charge in [-0.3, -0.25) is 9.69 Å². The summed E-state index contributed by atoms with van der Waals surface area (Å²) in [4.78, 5) is 14.9. The predicted molar refractivity (Wildman–Crippen MR) is 109 cm³/mol. The molecule has 0 aliphatic carbocycles. The van der Waals surface area contributed by atoms with Crippen LogP contribution in [0.5, 0.6) is 0 Å². The molecule has 28 heavy (non-hydrogen) atoms. The zero-order chi connectivity index (χ0) is 18.9. The maximum absolute atomic E-state index is 12.5. The molecule has 0 spiro atoms. The van der Waals surface area contributed by atoms with Crippen molar-refractivity contribution in [1.82, 2.24) is 4.90 Å². The second kappa shape index (κ2) is 7.30. The Morgan fingerprint density at radius 3 is 2.82 bits per heavy atom. The van der Waals surface area contributed by atoms with Crippen LogP contribution in [-0.2, 0) is 20.9 Å². The van der Waals surface area contributed by atoms with Gasteiger partial charge in [0.1, 0.15) is 12.4 Å². The molecule has 0 unspecified atom stereocenters. The molecule has 144 valence electrons. The molecule has 0 aromatic heterocycles. The molecule has 2 aromatic rings. The van der Waals surface area contributed by atoms with Gasteiger partial charge in [0, 0.05) is 54.2 Å². The van der Waals surface area contributed by atoms with E-state index < -0.39 is 0 Å². The van der Waals surface area contributed by atoms with Crippen molar-refractivity contribution in [2.75, 3.05) is 50.0 Å². The summed E-state index contributed by atoms with van der Waals surface area (Å²) in [6, 6.07) is 14.0. The molecule has 6 heteroatoms. The summed E-state index contributed by atoms with van der Waals surface area (Å²) in [7, 11) is 0. The normalized spacial score (nSPS) is 21.1. The summed E-state index contributed by atoms with van der Waals surface area (Å²) in [5.41, 5.74) is 5.56. The molecule has 0 saturated carbocycles. The van der Waals surface area contributed by atoms with Gasteiger partial charge in [0.15, 0.2) is 0 Å². The Labute approximate surface area is 164 Å². The van der Waals surface area contributed by atoms with Gasteiger partial charge in [-0.25, -0.2) is 0 Å². The van der Waals surface area contributed by atoms with Gasteiger partial charge in [0.05, 0.1) is 18.8 Å². The molecule has 0 atom stereocenters. The molecule has 6 nitrogen and oxygen atoms in total. The van der Waals surface area contributed by atoms with E-state index in [-0.39, 0.29) is 5.91 Å². The van der Waals surface area contributed by atoms with E-state index in [1.165, 1.54) is 0 Å². The quantitative estimate of drug-likeness (QED) is 0.803. The fraction of sp³-hybridized carbons (Fsp3) is 0.318. The first-order chi connectivity index (χ1) is 13.8. The van der Waals surface area contributed by atoms with Gasteiger partial charge in [-0.2, -0.15) is 0 Å². The van der Waals surface area contributed by atoms with Crippen molar-refractivity contribution in [3.05, 3.63) is 59.2 Å². The maximum Gasteiger partial charge on any atom is 0.260 e. The summed E-state index contributed by atoms with van der Waals surface area (Å²) in [6.45, 7) is 6.03. The molecule has 2 aromatic carbocycles. The van der Waals surface area contributed by atoms with E-state index in [9.17, 15) is 4.79 Å². The zero-order valence-electron chi connectivity index (χ0n) is 15.7. The first-order valence-electron chi connectivity index (χ1n) is 9.75. The lowest BCUT2D eigenvalue weighted by Gasteiger charge is -2.26. The van der Waals surface area contributed by atoms with Crippen LogP contribution in [-0.4, -0.2) is 50.2 Å². The fourth-order valence-corrected chi connectivity index (χ4v) is 4.00. The standard InChI is InChI=1S/C22H23N3O3/c26-22-20(18-3-1-2-4-19(18)24-22)21-17-6-5-16(13-15(17)14-28-21)23-7-8-25-9-11-27-12-10-25/h1-6,13,23H,7-12,14H2,(H,24,26). The molecule has 3 aliphatic rings. The molecule has 1 fully saturated rings. The Morgan fingerprint density at radius 1 is 1.07 bits per heavy atom. The molecule has 2 N–H and O–H groups in total. The Morgan fingerprint density at radius 2 is 1.93 bits per heavy atom. The number of anilines is 2. The largest absolute Gasteiger partial charge is 0.487 e. The van der Waals surface area contributed by atoms with Gasteiger partial charge >= 0.3 is 0 Å². The predicted octanol–water partition coefficient (Wildman–Crippen LogP) is 2.78. The number of hydrogen-bond donors (Lipinski definition) is 2. The van der Waals surface area contributed by atoms with Crippen molar-refractivity contribution in [3.63, 3.8) is 0 Å². The third-order valence-electron chi connectivity index (χ3n) is 5.48. The van der Waals surface area contributed by atoms with E-state index in [0.717, 1.165) is 67.5 Å². The molecule has 5 rings (SSSR count). The average molecular weight is 377 g/mol. The number of benzene rings is 2. The van der Waals surface area contributed by atoms with E-state index in [1.54, 1.807) is 0 Å². The van der Waals surface area contributed by atoms with Crippen LogP contribution in [0.2, 0.25) is 0 Å². The number of carbonyl (C=O) groups excluding carboxylic acids is 1. The summed E-state index contributed by atoms with van der Waals surface area (Å²) in [5.74, 6) is 0.578. The third kappa shape index (κ3) is 3.15. The van der Waals surface area contributed by atoms with Crippen LogP contribution in [0.3, 0.4) is 0 Å². The molecule has 0 bridgehead atoms. The third-order valence-corrected chi connectivity index (χ3v) is 5.48. The van der Waals surface area contributed by atoms with Crippen molar-refractivity contribution in [3.8, 4) is 0 Å². The van der Waals surface area contributed by atoms with E-state index >= 15 is 0 Å². The minimum absolute atomic E-state index is 0.100. The number of morpholine rings is 1. The van der Waals surface area contributed by atoms with Crippen LogP contribution >= 0.6 is 0 Å². The number of ether oxygens (including phenoxy) is 2. The van der Waals surface area contributed by atoms with Crippen molar-refractivity contribution in [2.45, 2.75) is 6.61 Å². The number of carbonyl (C=O) groups is 1. The highest BCUT2D eigenvalue weighted by molar-refractivity contribution is 6.36. The summed E-state index contributed by atoms with van der Waals surface area (Å²) in [5, 5.41) is 6.42. The molecule has 3 heterocycles. The van der Waals surface area contributed by atoms with Gasteiger partial charge in [-0.15, -0.1) is 0 Å². The molecule has 1 saturated heterocycles. The lowest BCUT2D eigenvalue weighted by atomic mass is 10.0. The van der Waals surface area contributed by atoms with E-state index in [4.69, 9.17) is 9.47 Å². The molecular weight excluding hydrogens is 354 g/mol. The van der Waals surface area contributed by atoms with Gasteiger partial charge in [-0.05, 0) is 24.3 Å². The molecule has 1 amide bonds. The van der Waals surface area contributed by atoms with E-state index in [1.807, 2.05) is 24.3 Å². The van der Waals surface area contributed by atoms with E-state index in [2.05, 4.69) is 33.7 Å². The van der Waals surface area contributed by atoms with Gasteiger partial charge in [-0.1, -0.05) is 18.2 Å². The number of hydrogen-bond acceptors (Lipinski definition) is 5. The van der Waals surface area contributed by atoms with Crippen LogP contribution in [0.25, 0.3) is 11.3 Å². The number of nitrogens with zero attached hydrogens (tertiary/aromatic N) is 1. The molecule has 0 radical (unpaired) electrons. The van der Waals surface area contributed by atoms with Crippen LogP contribution in [0, 0.1) is 0 Å². The SMILES string of the molecule is O=C1Nc2ccccc2C1=C1OCc2cc(NCCN3CCOCC3)ccc21. The minimum atomic E-state index is -0.100. The van der Waals surface area contributed by atoms with Crippen LogP contribution in [0.4, 0.5) is 11.4 Å². The number of amides is 1. The monoisotopic (exact) mass is 377 g/mol. The molecular formula is C22H23N3O3. The van der Waals surface area contributed by atoms with Gasteiger partial charge in [0.25, 0.3) is 5.91 Å². The number of rotatable bonds is 4. The Kier molecular flexibility index (Phi) is 4.50. The smallest absolute Gasteiger partial charge is 0.260 e. The van der Waals surface area contributed by atoms with Gasteiger partial charge < -0.3 is 20.1 Å². The van der Waals surface area contributed by atoms with E-state index in [0.29, 0.717) is 17.9 Å². The van der Waals surface area contributed by atoms with Crippen molar-refractivity contribution in [2.24, 2.45) is 0 Å². The highest BCUT2D eigenvalue weighted by atomic mass is 16.5. The Balaban J connectivity index is 1.34. The van der Waals surface area contributed by atoms with Crippen LogP contribution in [0.15, 0.2) is 42.5 Å². The second-order valence-electron chi connectivity index (χ2n) is 7.25. The fourth-order valence-electron chi connectivity index (χ4n) is 4.00. The summed E-state index contributed by atoms with van der Waals surface area (Å²) < 4.78 is 11.3. The van der Waals surface area contributed by atoms with Crippen molar-refractivity contribution in [1.29, 1.82) is 0 Å². The maximum atomic E-state index is 12.5. The first-order valence-corrected chi connectivity index (χ1v) is 9.75. The second-order valence-corrected chi connectivity index (χ2v) is 7.25. The van der Waals surface area contributed by atoms with Crippen LogP contribution in [0.1, 0.15) is 16.7 Å². The zero-order valence-corrected chi connectivity index (χ0v) is 15.7.